The third-order valence-electron chi connectivity index (χ3n) is 8.36. The van der Waals surface area contributed by atoms with Crippen molar-refractivity contribution in [3.63, 3.8) is 0 Å². The summed E-state index contributed by atoms with van der Waals surface area (Å²) in [5.74, 6) is 0. The third kappa shape index (κ3) is 46.9. The number of thiol groups is 1. The summed E-state index contributed by atoms with van der Waals surface area (Å²) >= 11 is 3.68. The van der Waals surface area contributed by atoms with Crippen molar-refractivity contribution in [2.24, 2.45) is 5.73 Å². The summed E-state index contributed by atoms with van der Waals surface area (Å²) in [6.07, 6.45) is 44.9. The maximum absolute atomic E-state index is 10.6. The predicted octanol–water partition coefficient (Wildman–Crippen LogP) is 13.1. The summed E-state index contributed by atoms with van der Waals surface area (Å²) in [5, 5.41) is 2.51. The van der Waals surface area contributed by atoms with Gasteiger partial charge in [-0.1, -0.05) is 219 Å². The molecule has 0 saturated carbocycles. The van der Waals surface area contributed by atoms with Crippen LogP contribution in [0.5, 0.6) is 0 Å². The molecule has 0 rings (SSSR count). The number of nitrogens with one attached hydrogen (secondary N) is 1. The zero-order chi connectivity index (χ0) is 30.3. The Hall–Kier alpha value is -0.220. The Morgan fingerprint density at radius 3 is 0.854 bits per heavy atom. The van der Waals surface area contributed by atoms with Crippen molar-refractivity contribution in [3.8, 4) is 0 Å². The van der Waals surface area contributed by atoms with Gasteiger partial charge in [-0.15, -0.1) is 0 Å². The van der Waals surface area contributed by atoms with Gasteiger partial charge in [0, 0.05) is 6.54 Å². The fourth-order valence-corrected chi connectivity index (χ4v) is 5.67. The highest BCUT2D eigenvalue weighted by Gasteiger charge is 1.96. The Kier molecular flexibility index (Phi) is 43.9. The van der Waals surface area contributed by atoms with E-state index in [0.717, 1.165) is 19.5 Å². The molecule has 0 aromatic carbocycles. The molecule has 248 valence electrons. The SMILES string of the molecule is CCCCCCCCCCCCCCCCCCN.CCCCCCCCCCCCCCCCCCNC(=O)S. The molecule has 0 atom stereocenters. The Bertz CT molecular complexity index is 444. The predicted molar refractivity (Wildman–Crippen MR) is 191 cm³/mol. The number of rotatable bonds is 33. The smallest absolute Gasteiger partial charge is 0.275 e. The van der Waals surface area contributed by atoms with Crippen LogP contribution in [-0.2, 0) is 0 Å². The van der Waals surface area contributed by atoms with Gasteiger partial charge in [-0.25, -0.2) is 0 Å². The van der Waals surface area contributed by atoms with Crippen LogP contribution in [0.1, 0.15) is 219 Å². The highest BCUT2D eigenvalue weighted by atomic mass is 32.1. The van der Waals surface area contributed by atoms with Gasteiger partial charge >= 0.3 is 0 Å². The lowest BCUT2D eigenvalue weighted by atomic mass is 10.0. The molecule has 0 saturated heterocycles. The third-order valence-corrected chi connectivity index (χ3v) is 8.52. The number of unbranched alkanes of at least 4 members (excludes halogenated alkanes) is 30. The second-order valence-electron chi connectivity index (χ2n) is 12.6. The van der Waals surface area contributed by atoms with Gasteiger partial charge in [-0.3, -0.25) is 4.79 Å². The molecule has 3 nitrogen and oxygen atoms in total. The maximum Gasteiger partial charge on any atom is 0.275 e. The van der Waals surface area contributed by atoms with E-state index in [-0.39, 0.29) is 5.24 Å². The number of amides is 1. The summed E-state index contributed by atoms with van der Waals surface area (Å²) in [6.45, 7) is 6.22. The summed E-state index contributed by atoms with van der Waals surface area (Å²) in [6, 6.07) is 0. The van der Waals surface area contributed by atoms with Gasteiger partial charge in [-0.05, 0) is 19.4 Å². The van der Waals surface area contributed by atoms with E-state index in [9.17, 15) is 4.79 Å². The van der Waals surface area contributed by atoms with Crippen LogP contribution >= 0.6 is 12.6 Å². The zero-order valence-corrected chi connectivity index (χ0v) is 29.4. The van der Waals surface area contributed by atoms with E-state index in [1.54, 1.807) is 0 Å². The molecule has 41 heavy (non-hydrogen) atoms. The molecule has 0 aromatic rings. The Balaban J connectivity index is 0. The van der Waals surface area contributed by atoms with Gasteiger partial charge in [0.2, 0.25) is 0 Å². The molecule has 0 radical (unpaired) electrons. The number of carbonyl (C=O) groups excluding carboxylic acids is 1. The summed E-state index contributed by atoms with van der Waals surface area (Å²) in [5.41, 5.74) is 5.48. The Morgan fingerprint density at radius 1 is 0.415 bits per heavy atom. The van der Waals surface area contributed by atoms with E-state index in [4.69, 9.17) is 5.73 Å². The van der Waals surface area contributed by atoms with Crippen LogP contribution in [0, 0.1) is 0 Å². The molecule has 0 unspecified atom stereocenters. The lowest BCUT2D eigenvalue weighted by molar-refractivity contribution is 0.261. The summed E-state index contributed by atoms with van der Waals surface area (Å²) < 4.78 is 0. The molecule has 0 aromatic heterocycles. The molecule has 0 bridgehead atoms. The highest BCUT2D eigenvalue weighted by molar-refractivity contribution is 7.96. The molecule has 0 spiro atoms. The minimum absolute atomic E-state index is 0.207. The molecule has 0 heterocycles. The minimum atomic E-state index is -0.207. The quantitative estimate of drug-likeness (QED) is 0.0520. The van der Waals surface area contributed by atoms with E-state index in [0.29, 0.717) is 0 Å². The molecule has 4 heteroatoms. The van der Waals surface area contributed by atoms with E-state index < -0.39 is 0 Å². The monoisotopic (exact) mass is 599 g/mol. The van der Waals surface area contributed by atoms with Crippen LogP contribution in [0.25, 0.3) is 0 Å². The molecular weight excluding hydrogens is 520 g/mol. The van der Waals surface area contributed by atoms with Crippen molar-refractivity contribution >= 4 is 17.9 Å². The summed E-state index contributed by atoms with van der Waals surface area (Å²) in [4.78, 5) is 10.6. The molecular formula is C37H78N2OS. The average molecular weight is 599 g/mol. The number of nitrogens with two attached hydrogens (primary N) is 1. The maximum atomic E-state index is 10.6. The van der Waals surface area contributed by atoms with Crippen molar-refractivity contribution in [2.45, 2.75) is 219 Å². The van der Waals surface area contributed by atoms with Crippen LogP contribution in [-0.4, -0.2) is 18.3 Å². The first-order chi connectivity index (χ1) is 20.2. The van der Waals surface area contributed by atoms with Gasteiger partial charge < -0.3 is 11.1 Å². The molecule has 1 amide bonds. The normalized spacial score (nSPS) is 10.9. The van der Waals surface area contributed by atoms with Crippen molar-refractivity contribution < 1.29 is 4.79 Å². The van der Waals surface area contributed by atoms with Crippen molar-refractivity contribution in [1.29, 1.82) is 0 Å². The van der Waals surface area contributed by atoms with Crippen molar-refractivity contribution in [3.05, 3.63) is 0 Å². The van der Waals surface area contributed by atoms with E-state index in [1.165, 1.54) is 199 Å². The topological polar surface area (TPSA) is 55.1 Å². The van der Waals surface area contributed by atoms with E-state index in [1.807, 2.05) is 0 Å². The lowest BCUT2D eigenvalue weighted by Gasteiger charge is -2.04. The van der Waals surface area contributed by atoms with E-state index in [2.05, 4.69) is 31.8 Å². The standard InChI is InChI=1S/C19H39NOS.C18H39N/c1-2-3-4-5-6-7-8-9-10-11-12-13-14-15-16-17-18-20-19(21)22;1-2-3-4-5-6-7-8-9-10-11-12-13-14-15-16-17-18-19/h2-18H2,1H3,(H2,20,21,22);2-19H2,1H3. The van der Waals surface area contributed by atoms with Gasteiger partial charge in [-0.2, -0.15) is 0 Å². The second-order valence-corrected chi connectivity index (χ2v) is 13.0. The Morgan fingerprint density at radius 2 is 0.634 bits per heavy atom. The van der Waals surface area contributed by atoms with Crippen molar-refractivity contribution in [2.75, 3.05) is 13.1 Å². The second kappa shape index (κ2) is 41.9. The number of carbonyl (C=O) groups is 1. The van der Waals surface area contributed by atoms with Crippen molar-refractivity contribution in [1.82, 2.24) is 5.32 Å². The first kappa shape index (κ1) is 42.9. The van der Waals surface area contributed by atoms with Gasteiger partial charge in [0.05, 0.1) is 0 Å². The minimum Gasteiger partial charge on any atom is -0.347 e. The van der Waals surface area contributed by atoms with Gasteiger partial charge in [0.25, 0.3) is 5.24 Å². The number of hydrogen-bond donors (Lipinski definition) is 3. The van der Waals surface area contributed by atoms with Crippen LogP contribution < -0.4 is 11.1 Å². The first-order valence-corrected chi connectivity index (χ1v) is 19.3. The van der Waals surface area contributed by atoms with Crippen LogP contribution in [0.3, 0.4) is 0 Å². The van der Waals surface area contributed by atoms with Crippen LogP contribution in [0.4, 0.5) is 4.79 Å². The molecule has 0 aliphatic rings. The average Bonchev–Trinajstić information content (AvgIpc) is 2.97. The van der Waals surface area contributed by atoms with Gasteiger partial charge in [0.1, 0.15) is 0 Å². The zero-order valence-electron chi connectivity index (χ0n) is 28.5. The molecule has 0 aliphatic heterocycles. The first-order valence-electron chi connectivity index (χ1n) is 18.9. The molecule has 0 aliphatic carbocycles. The van der Waals surface area contributed by atoms with Crippen LogP contribution in [0.2, 0.25) is 0 Å². The van der Waals surface area contributed by atoms with E-state index >= 15 is 0 Å². The van der Waals surface area contributed by atoms with Gasteiger partial charge in [0.15, 0.2) is 0 Å². The fraction of sp³-hybridized carbons (Fsp3) is 0.973. The molecule has 0 fully saturated rings. The molecule has 3 N–H and O–H groups in total. The fourth-order valence-electron chi connectivity index (χ4n) is 5.56. The number of hydrogen-bond acceptors (Lipinski definition) is 2. The van der Waals surface area contributed by atoms with Crippen LogP contribution in [0.15, 0.2) is 0 Å². The Labute approximate surface area is 265 Å². The lowest BCUT2D eigenvalue weighted by Crippen LogP contribution is -2.17. The highest BCUT2D eigenvalue weighted by Crippen LogP contribution is 2.15. The summed E-state index contributed by atoms with van der Waals surface area (Å²) in [7, 11) is 0. The largest absolute Gasteiger partial charge is 0.347 e.